The molecule has 24 heavy (non-hydrogen) atoms. The highest BCUT2D eigenvalue weighted by atomic mass is 16.5. The first-order valence-electron chi connectivity index (χ1n) is 7.82. The molecule has 0 aliphatic heterocycles. The Hall–Kier alpha value is -3.01. The first-order chi connectivity index (χ1) is 11.7. The maximum absolute atomic E-state index is 12.4. The number of amides is 1. The molecule has 1 aromatic heterocycles. The lowest BCUT2D eigenvalue weighted by Gasteiger charge is -2.11. The van der Waals surface area contributed by atoms with Crippen molar-refractivity contribution < 1.29 is 9.53 Å². The molecule has 1 heterocycles. The minimum Gasteiger partial charge on any atom is -0.497 e. The zero-order valence-corrected chi connectivity index (χ0v) is 13.8. The molecule has 1 amide bonds. The van der Waals surface area contributed by atoms with Crippen LogP contribution in [0.4, 0.5) is 0 Å². The number of hydrogen-bond acceptors (Lipinski definition) is 2. The molecule has 2 aromatic carbocycles. The van der Waals surface area contributed by atoms with Gasteiger partial charge in [-0.05, 0) is 54.4 Å². The number of carbonyl (C=O) groups excluding carboxylic acids is 1. The summed E-state index contributed by atoms with van der Waals surface area (Å²) in [5.41, 5.74) is 3.81. The molecular formula is C20H20N2O2. The molecule has 4 nitrogen and oxygen atoms in total. The quantitative estimate of drug-likeness (QED) is 0.778. The molecule has 3 aromatic rings. The van der Waals surface area contributed by atoms with Gasteiger partial charge in [0.05, 0.1) is 7.11 Å². The van der Waals surface area contributed by atoms with E-state index in [2.05, 4.69) is 5.32 Å². The molecule has 0 saturated carbocycles. The summed E-state index contributed by atoms with van der Waals surface area (Å²) in [5, 5.41) is 2.96. The number of nitrogens with zero attached hydrogens (tertiary/aromatic N) is 1. The van der Waals surface area contributed by atoms with Crippen molar-refractivity contribution in [3.8, 4) is 11.4 Å². The number of methoxy groups -OCH3 is 1. The predicted molar refractivity (Wildman–Crippen MR) is 94.7 cm³/mol. The van der Waals surface area contributed by atoms with E-state index in [1.165, 1.54) is 0 Å². The van der Waals surface area contributed by atoms with Gasteiger partial charge in [0.1, 0.15) is 5.75 Å². The summed E-state index contributed by atoms with van der Waals surface area (Å²) in [7, 11) is 1.64. The van der Waals surface area contributed by atoms with E-state index in [4.69, 9.17) is 4.74 Å². The third-order valence-electron chi connectivity index (χ3n) is 3.97. The highest BCUT2D eigenvalue weighted by Crippen LogP contribution is 2.17. The van der Waals surface area contributed by atoms with Crippen LogP contribution in [0.25, 0.3) is 5.69 Å². The molecule has 1 N–H and O–H groups in total. The monoisotopic (exact) mass is 320 g/mol. The minimum atomic E-state index is -0.0841. The molecular weight excluding hydrogens is 300 g/mol. The standard InChI is InChI=1S/C20H20N2O2/c1-15-5-8-17(13-19(15)22-11-3-4-12-22)20(23)21-14-16-6-9-18(24-2)10-7-16/h3-13H,14H2,1-2H3,(H,21,23). The van der Waals surface area contributed by atoms with Crippen LogP contribution in [-0.2, 0) is 6.54 Å². The number of hydrogen-bond donors (Lipinski definition) is 1. The number of rotatable bonds is 5. The fourth-order valence-corrected chi connectivity index (χ4v) is 2.55. The van der Waals surface area contributed by atoms with E-state index in [9.17, 15) is 4.79 Å². The van der Waals surface area contributed by atoms with Crippen molar-refractivity contribution in [3.63, 3.8) is 0 Å². The summed E-state index contributed by atoms with van der Waals surface area (Å²) in [5.74, 6) is 0.721. The van der Waals surface area contributed by atoms with E-state index in [1.807, 2.05) is 78.5 Å². The van der Waals surface area contributed by atoms with Crippen molar-refractivity contribution in [2.24, 2.45) is 0 Å². The smallest absolute Gasteiger partial charge is 0.251 e. The highest BCUT2D eigenvalue weighted by Gasteiger charge is 2.09. The van der Waals surface area contributed by atoms with Crippen molar-refractivity contribution in [1.29, 1.82) is 0 Å². The Balaban J connectivity index is 1.71. The van der Waals surface area contributed by atoms with E-state index in [1.54, 1.807) is 7.11 Å². The van der Waals surface area contributed by atoms with Crippen molar-refractivity contribution in [2.45, 2.75) is 13.5 Å². The molecule has 0 spiro atoms. The van der Waals surface area contributed by atoms with Gasteiger partial charge in [-0.25, -0.2) is 0 Å². The van der Waals surface area contributed by atoms with Crippen molar-refractivity contribution in [1.82, 2.24) is 9.88 Å². The largest absolute Gasteiger partial charge is 0.497 e. The second-order valence-corrected chi connectivity index (χ2v) is 5.62. The van der Waals surface area contributed by atoms with Crippen molar-refractivity contribution in [3.05, 3.63) is 83.7 Å². The average molecular weight is 320 g/mol. The van der Waals surface area contributed by atoms with E-state index in [0.29, 0.717) is 12.1 Å². The molecule has 0 bridgehead atoms. The Morgan fingerprint density at radius 1 is 1.08 bits per heavy atom. The lowest BCUT2D eigenvalue weighted by atomic mass is 10.1. The number of carbonyl (C=O) groups is 1. The summed E-state index contributed by atoms with van der Waals surface area (Å²) >= 11 is 0. The zero-order valence-electron chi connectivity index (χ0n) is 13.8. The lowest BCUT2D eigenvalue weighted by Crippen LogP contribution is -2.23. The SMILES string of the molecule is COc1ccc(CNC(=O)c2ccc(C)c(-n3cccc3)c2)cc1. The zero-order chi connectivity index (χ0) is 16.9. The van der Waals surface area contributed by atoms with E-state index in [-0.39, 0.29) is 5.91 Å². The third-order valence-corrected chi connectivity index (χ3v) is 3.97. The van der Waals surface area contributed by atoms with Gasteiger partial charge in [-0.3, -0.25) is 4.79 Å². The Labute approximate surface area is 141 Å². The van der Waals surface area contributed by atoms with Gasteiger partial charge in [0, 0.05) is 30.2 Å². The number of aromatic nitrogens is 1. The van der Waals surface area contributed by atoms with Gasteiger partial charge in [0.15, 0.2) is 0 Å². The first-order valence-corrected chi connectivity index (χ1v) is 7.82. The van der Waals surface area contributed by atoms with Crippen LogP contribution in [0.3, 0.4) is 0 Å². The number of aryl methyl sites for hydroxylation is 1. The van der Waals surface area contributed by atoms with Crippen LogP contribution in [0.15, 0.2) is 67.0 Å². The summed E-state index contributed by atoms with van der Waals surface area (Å²) in [4.78, 5) is 12.4. The number of nitrogens with one attached hydrogen (secondary N) is 1. The molecule has 0 aliphatic rings. The van der Waals surface area contributed by atoms with Gasteiger partial charge in [0.25, 0.3) is 5.91 Å². The fourth-order valence-electron chi connectivity index (χ4n) is 2.55. The topological polar surface area (TPSA) is 43.3 Å². The maximum Gasteiger partial charge on any atom is 0.251 e. The average Bonchev–Trinajstić information content (AvgIpc) is 3.15. The van der Waals surface area contributed by atoms with Crippen LogP contribution in [0, 0.1) is 6.92 Å². The molecule has 4 heteroatoms. The minimum absolute atomic E-state index is 0.0841. The molecule has 0 radical (unpaired) electrons. The summed E-state index contributed by atoms with van der Waals surface area (Å²) < 4.78 is 7.14. The Morgan fingerprint density at radius 3 is 2.46 bits per heavy atom. The summed E-state index contributed by atoms with van der Waals surface area (Å²) in [6, 6.07) is 17.3. The molecule has 0 saturated heterocycles. The van der Waals surface area contributed by atoms with Crippen LogP contribution in [0.2, 0.25) is 0 Å². The van der Waals surface area contributed by atoms with E-state index in [0.717, 1.165) is 22.6 Å². The van der Waals surface area contributed by atoms with Gasteiger partial charge >= 0.3 is 0 Å². The van der Waals surface area contributed by atoms with Crippen LogP contribution in [0.5, 0.6) is 5.75 Å². The maximum atomic E-state index is 12.4. The normalized spacial score (nSPS) is 10.4. The van der Waals surface area contributed by atoms with E-state index < -0.39 is 0 Å². The van der Waals surface area contributed by atoms with Crippen molar-refractivity contribution in [2.75, 3.05) is 7.11 Å². The van der Waals surface area contributed by atoms with Gasteiger partial charge < -0.3 is 14.6 Å². The molecule has 3 rings (SSSR count). The lowest BCUT2D eigenvalue weighted by molar-refractivity contribution is 0.0951. The van der Waals surface area contributed by atoms with Gasteiger partial charge in [-0.1, -0.05) is 18.2 Å². The Kier molecular flexibility index (Phi) is 4.66. The Bertz CT molecular complexity index is 821. The third kappa shape index (κ3) is 3.49. The second kappa shape index (κ2) is 7.04. The molecule has 122 valence electrons. The summed E-state index contributed by atoms with van der Waals surface area (Å²) in [6.07, 6.45) is 3.95. The van der Waals surface area contributed by atoms with Crippen LogP contribution < -0.4 is 10.1 Å². The molecule has 0 atom stereocenters. The molecule has 0 fully saturated rings. The van der Waals surface area contributed by atoms with Crippen molar-refractivity contribution >= 4 is 5.91 Å². The number of benzene rings is 2. The molecule has 0 unspecified atom stereocenters. The first kappa shape index (κ1) is 15.9. The van der Waals surface area contributed by atoms with E-state index >= 15 is 0 Å². The van der Waals surface area contributed by atoms with Gasteiger partial charge in [0.2, 0.25) is 0 Å². The van der Waals surface area contributed by atoms with Crippen LogP contribution >= 0.6 is 0 Å². The predicted octanol–water partition coefficient (Wildman–Crippen LogP) is 3.72. The summed E-state index contributed by atoms with van der Waals surface area (Å²) in [6.45, 7) is 2.52. The van der Waals surface area contributed by atoms with Crippen LogP contribution in [-0.4, -0.2) is 17.6 Å². The molecule has 0 aliphatic carbocycles. The second-order valence-electron chi connectivity index (χ2n) is 5.62. The fraction of sp³-hybridized carbons (Fsp3) is 0.150. The number of ether oxygens (including phenoxy) is 1. The van der Waals surface area contributed by atoms with Gasteiger partial charge in [-0.15, -0.1) is 0 Å². The highest BCUT2D eigenvalue weighted by molar-refractivity contribution is 5.94. The van der Waals surface area contributed by atoms with Crippen LogP contribution in [0.1, 0.15) is 21.5 Å². The van der Waals surface area contributed by atoms with Gasteiger partial charge in [-0.2, -0.15) is 0 Å². The Morgan fingerprint density at radius 2 is 1.79 bits per heavy atom.